The van der Waals surface area contributed by atoms with Gasteiger partial charge in [0.15, 0.2) is 24.1 Å². The molecular weight excluding hydrogens is 724 g/mol. The molecule has 0 unspecified atom stereocenters. The van der Waals surface area contributed by atoms with Crippen molar-refractivity contribution < 1.29 is 98.7 Å². The van der Waals surface area contributed by atoms with Gasteiger partial charge in [-0.05, 0) is 52.0 Å². The van der Waals surface area contributed by atoms with Crippen LogP contribution in [0.4, 0.5) is 0 Å². The van der Waals surface area contributed by atoms with Crippen molar-refractivity contribution in [3.05, 3.63) is 89.1 Å². The number of carbonyl (C=O) groups is 3. The van der Waals surface area contributed by atoms with E-state index in [0.717, 1.165) is 11.5 Å². The summed E-state index contributed by atoms with van der Waals surface area (Å²) in [5.74, 6) is 1.63. The summed E-state index contributed by atoms with van der Waals surface area (Å²) >= 11 is 0. The zero-order valence-corrected chi connectivity index (χ0v) is 29.7. The molecule has 19 heteroatoms. The van der Waals surface area contributed by atoms with Crippen LogP contribution < -0.4 is 0 Å². The molecule has 2 heterocycles. The Hall–Kier alpha value is -3.99. The summed E-state index contributed by atoms with van der Waals surface area (Å²) in [6.07, 6.45) is -2.46. The SMILES string of the molecule is C.Cc1ccc(C)cc1.Cc1ccc(C)o1.O.O.O.O=C(CO)[C@@H](O)[C@H](O)[C@@H](O)CO.O=C[C@H](O)[C@@H](O)[C@H](O)[C@@H](O)CO.O=Cc1ccc(CO)o1.[C+]#C.[HH].[HH]. The van der Waals surface area contributed by atoms with Crippen LogP contribution in [-0.4, -0.2) is 154 Å². The zero-order valence-electron chi connectivity index (χ0n) is 29.7. The number of furan rings is 2. The number of Topliss-reactive ketones (excluding diaryl/α,β-unsaturated/α-hetero) is 1. The Labute approximate surface area is 316 Å². The van der Waals surface area contributed by atoms with Crippen molar-refractivity contribution >= 4 is 18.4 Å². The number of aryl methyl sites for hydroxylation is 4. The van der Waals surface area contributed by atoms with Crippen LogP contribution in [0.2, 0.25) is 0 Å². The number of aldehydes is 2. The van der Waals surface area contributed by atoms with Crippen LogP contribution in [0.3, 0.4) is 0 Å². The van der Waals surface area contributed by atoms with Crippen LogP contribution >= 0.6 is 0 Å². The van der Waals surface area contributed by atoms with Gasteiger partial charge < -0.3 is 86.2 Å². The standard InChI is InChI=1S/C8H10.2C6H12O6.C6H6O3.C6H8O.C2H.CH4.3H2O.2H2/c1-7-3-5-8(2)6-4-7;2*7-1-3(9)5(11)6(12)4(10)2-8;7-3-5-1-2-6(4-8)9-5;1-5-3-4-6(2)7-5;1-2;;;;;;/h3-6H,1-2H3;3,5-9,11-12H,1-2H2;1,3-6,8-12H,2H2;1-3,8H,4H2;3-4H,1-2H3;1H;1H4;3*1H2;2*1H/q;;;;;+1;;;;;;/t;3-,5+,6+;3-,4-,5+,6+;;;;;;;;;/m.00........./s1. The van der Waals surface area contributed by atoms with E-state index in [1.54, 1.807) is 6.07 Å². The van der Waals surface area contributed by atoms with Gasteiger partial charge in [0, 0.05) is 2.85 Å². The molecule has 0 aliphatic carbocycles. The first-order valence-electron chi connectivity index (χ1n) is 14.6. The molecular formula is C35H63O19+. The van der Waals surface area contributed by atoms with Gasteiger partial charge in [0.05, 0.1) is 13.2 Å². The first kappa shape index (κ1) is 64.9. The Morgan fingerprint density at radius 1 is 0.685 bits per heavy atom. The maximum Gasteiger partial charge on any atom is 0 e. The van der Waals surface area contributed by atoms with Gasteiger partial charge in [-0.15, -0.1) is 0 Å². The second-order valence-electron chi connectivity index (χ2n) is 10.1. The number of hydrogen-bond acceptors (Lipinski definition) is 16. The van der Waals surface area contributed by atoms with Gasteiger partial charge >= 0.3 is 12.8 Å². The Bertz CT molecular complexity index is 1280. The minimum Gasteiger partial charge on any atom is 0 e. The fraction of sp³-hybridized carbons (Fsp3) is 0.457. The van der Waals surface area contributed by atoms with Crippen LogP contribution in [0.25, 0.3) is 0 Å². The molecule has 3 rings (SSSR count). The number of ketones is 1. The first-order valence-corrected chi connectivity index (χ1v) is 14.6. The average molecular weight is 788 g/mol. The van der Waals surface area contributed by atoms with Crippen molar-refractivity contribution in [1.82, 2.24) is 0 Å². The van der Waals surface area contributed by atoms with Gasteiger partial charge in [-0.1, -0.05) is 42.8 Å². The zero-order chi connectivity index (χ0) is 39.4. The second kappa shape index (κ2) is 38.7. The van der Waals surface area contributed by atoms with E-state index in [4.69, 9.17) is 71.4 Å². The number of hydrogen-bond donors (Lipinski definition) is 11. The molecule has 0 saturated heterocycles. The van der Waals surface area contributed by atoms with Gasteiger partial charge in [-0.3, -0.25) is 9.59 Å². The molecule has 0 radical (unpaired) electrons. The molecule has 54 heavy (non-hydrogen) atoms. The molecule has 2 aromatic heterocycles. The van der Waals surface area contributed by atoms with E-state index in [1.807, 2.05) is 26.0 Å². The Kier molecular flexibility index (Phi) is 46.6. The molecule has 0 spiro atoms. The first-order chi connectivity index (χ1) is 23.5. The third-order valence-corrected chi connectivity index (χ3v) is 5.86. The summed E-state index contributed by atoms with van der Waals surface area (Å²) in [7, 11) is 0. The van der Waals surface area contributed by atoms with Crippen LogP contribution in [0.1, 0.15) is 49.2 Å². The molecule has 0 aliphatic heterocycles. The van der Waals surface area contributed by atoms with Crippen LogP contribution in [0.15, 0.2) is 57.4 Å². The van der Waals surface area contributed by atoms with Crippen LogP contribution in [0.5, 0.6) is 0 Å². The minimum atomic E-state index is -1.86. The third-order valence-electron chi connectivity index (χ3n) is 5.86. The summed E-state index contributed by atoms with van der Waals surface area (Å²) in [5.41, 5.74) is 2.66. The van der Waals surface area contributed by atoms with E-state index in [-0.39, 0.29) is 45.4 Å². The number of rotatable bonds is 12. The predicted octanol–water partition coefficient (Wildman–Crippen LogP) is -3.11. The quantitative estimate of drug-likeness (QED) is 0.0491. The topological polar surface area (TPSA) is 395 Å². The number of aliphatic hydroxyl groups is 11. The molecule has 19 nitrogen and oxygen atoms in total. The van der Waals surface area contributed by atoms with E-state index in [1.165, 1.54) is 17.2 Å². The monoisotopic (exact) mass is 787 g/mol. The average Bonchev–Trinajstić information content (AvgIpc) is 3.79. The Morgan fingerprint density at radius 2 is 1.09 bits per heavy atom. The van der Waals surface area contributed by atoms with Crippen molar-refractivity contribution in [2.24, 2.45) is 0 Å². The molecule has 17 N–H and O–H groups in total. The van der Waals surface area contributed by atoms with Crippen molar-refractivity contribution in [3.8, 4) is 6.42 Å². The number of carbonyl (C=O) groups excluding carboxylic acids is 3. The summed E-state index contributed by atoms with van der Waals surface area (Å²) < 4.78 is 9.85. The van der Waals surface area contributed by atoms with Crippen LogP contribution in [0, 0.1) is 40.5 Å². The summed E-state index contributed by atoms with van der Waals surface area (Å²) in [4.78, 5) is 30.4. The maximum atomic E-state index is 10.5. The van der Waals surface area contributed by atoms with Gasteiger partial charge in [-0.2, -0.15) is 0 Å². The molecule has 0 amide bonds. The van der Waals surface area contributed by atoms with Crippen molar-refractivity contribution in [2.45, 2.75) is 84.5 Å². The van der Waals surface area contributed by atoms with E-state index in [9.17, 15) is 14.4 Å². The molecule has 316 valence electrons. The molecule has 1 aromatic carbocycles. The second-order valence-corrected chi connectivity index (χ2v) is 10.1. The van der Waals surface area contributed by atoms with Gasteiger partial charge in [0.1, 0.15) is 73.2 Å². The predicted molar refractivity (Wildman–Crippen MR) is 198 cm³/mol. The molecule has 0 fully saturated rings. The van der Waals surface area contributed by atoms with Crippen molar-refractivity contribution in [3.63, 3.8) is 0 Å². The summed E-state index contributed by atoms with van der Waals surface area (Å²) in [6.45, 7) is 5.46. The normalized spacial score (nSPS) is 13.0. The maximum absolute atomic E-state index is 10.5. The Morgan fingerprint density at radius 3 is 1.35 bits per heavy atom. The fourth-order valence-electron chi connectivity index (χ4n) is 2.96. The molecule has 0 saturated carbocycles. The van der Waals surface area contributed by atoms with E-state index < -0.39 is 68.3 Å². The number of benzene rings is 1. The summed E-state index contributed by atoms with van der Waals surface area (Å²) in [5, 5.41) is 95.0. The largest absolute Gasteiger partial charge is 0 e. The van der Waals surface area contributed by atoms with E-state index >= 15 is 0 Å². The van der Waals surface area contributed by atoms with E-state index in [2.05, 4.69) is 44.5 Å². The van der Waals surface area contributed by atoms with Gasteiger partial charge in [0.2, 0.25) is 0 Å². The Balaban J connectivity index is -0.0000000685. The van der Waals surface area contributed by atoms with Crippen molar-refractivity contribution in [2.75, 3.05) is 19.8 Å². The molecule has 3 aromatic rings. The number of terminal acetylenes is 1. The van der Waals surface area contributed by atoms with Crippen molar-refractivity contribution in [1.29, 1.82) is 0 Å². The third kappa shape index (κ3) is 29.5. The minimum absolute atomic E-state index is 0. The molecule has 0 bridgehead atoms. The molecule has 0 aliphatic rings. The van der Waals surface area contributed by atoms with E-state index in [0.29, 0.717) is 12.0 Å². The smallest absolute Gasteiger partial charge is 0 e. The number of aliphatic hydroxyl groups excluding tert-OH is 11. The van der Waals surface area contributed by atoms with Gasteiger partial charge in [0.25, 0.3) is 0 Å². The fourth-order valence-corrected chi connectivity index (χ4v) is 2.96. The van der Waals surface area contributed by atoms with Gasteiger partial charge in [-0.25, -0.2) is 0 Å². The summed E-state index contributed by atoms with van der Waals surface area (Å²) in [6, 6.07) is 15.5. The van der Waals surface area contributed by atoms with Crippen LogP contribution in [-0.2, 0) is 16.2 Å². The molecule has 7 atom stereocenters.